The van der Waals surface area contributed by atoms with Crippen molar-refractivity contribution in [2.24, 2.45) is 5.73 Å². The first-order chi connectivity index (χ1) is 9.78. The second-order valence-electron chi connectivity index (χ2n) is 5.16. The fourth-order valence-electron chi connectivity index (χ4n) is 2.68. The summed E-state index contributed by atoms with van der Waals surface area (Å²) >= 11 is 0. The number of rotatable bonds is 4. The Kier molecular flexibility index (Phi) is 3.69. The third kappa shape index (κ3) is 2.54. The second kappa shape index (κ2) is 5.63. The van der Waals surface area contributed by atoms with Crippen molar-refractivity contribution in [3.63, 3.8) is 0 Å². The van der Waals surface area contributed by atoms with Gasteiger partial charge in [-0.15, -0.1) is 0 Å². The molecule has 1 aromatic carbocycles. The van der Waals surface area contributed by atoms with Crippen molar-refractivity contribution in [2.45, 2.75) is 38.1 Å². The predicted octanol–water partition coefficient (Wildman–Crippen LogP) is 2.73. The van der Waals surface area contributed by atoms with Gasteiger partial charge in [-0.3, -0.25) is 0 Å². The molecular weight excluding hydrogens is 254 g/mol. The van der Waals surface area contributed by atoms with Crippen molar-refractivity contribution in [3.05, 3.63) is 30.2 Å². The number of ether oxygens (including phenoxy) is 1. The summed E-state index contributed by atoms with van der Waals surface area (Å²) in [4.78, 5) is 4.53. The molecule has 1 aromatic heterocycles. The summed E-state index contributed by atoms with van der Waals surface area (Å²) in [6.07, 6.45) is 2.97. The maximum Gasteiger partial charge on any atom is 0.230 e. The molecule has 0 unspecified atom stereocenters. The number of benzene rings is 1. The molecule has 2 aromatic rings. The Labute approximate surface area is 118 Å². The van der Waals surface area contributed by atoms with E-state index in [4.69, 9.17) is 15.0 Å². The van der Waals surface area contributed by atoms with Crippen LogP contribution in [0.5, 0.6) is 5.75 Å². The summed E-state index contributed by atoms with van der Waals surface area (Å²) in [5.74, 6) is 2.36. The lowest BCUT2D eigenvalue weighted by Gasteiger charge is -2.06. The first kappa shape index (κ1) is 13.1. The minimum atomic E-state index is 0.256. The monoisotopic (exact) mass is 273 g/mol. The molecule has 3 rings (SSSR count). The Morgan fingerprint density at radius 1 is 1.35 bits per heavy atom. The summed E-state index contributed by atoms with van der Waals surface area (Å²) < 4.78 is 11.0. The van der Waals surface area contributed by atoms with Crippen LogP contribution in [-0.4, -0.2) is 22.8 Å². The first-order valence-corrected chi connectivity index (χ1v) is 7.09. The molecule has 0 bridgehead atoms. The summed E-state index contributed by atoms with van der Waals surface area (Å²) in [6.45, 7) is 2.57. The van der Waals surface area contributed by atoms with Gasteiger partial charge in [-0.25, -0.2) is 0 Å². The number of hydrogen-bond acceptors (Lipinski definition) is 5. The van der Waals surface area contributed by atoms with Crippen LogP contribution in [0.15, 0.2) is 28.8 Å². The van der Waals surface area contributed by atoms with Crippen LogP contribution >= 0.6 is 0 Å². The standard InChI is InChI=1S/C15H19N3O2/c1-2-19-13-6-4-3-5-12(13)14-17-15(20-18-14)10-7-8-11(16)9-10/h3-6,10-11H,2,7-9,16H2,1H3/t10-,11+/m1/s1. The van der Waals surface area contributed by atoms with E-state index < -0.39 is 0 Å². The van der Waals surface area contributed by atoms with Crippen molar-refractivity contribution in [1.82, 2.24) is 10.1 Å². The molecule has 1 aliphatic carbocycles. The highest BCUT2D eigenvalue weighted by Crippen LogP contribution is 2.34. The van der Waals surface area contributed by atoms with Gasteiger partial charge in [-0.2, -0.15) is 4.98 Å². The molecule has 5 nitrogen and oxygen atoms in total. The molecular formula is C15H19N3O2. The van der Waals surface area contributed by atoms with E-state index in [0.29, 0.717) is 24.2 Å². The number of nitrogens with zero attached hydrogens (tertiary/aromatic N) is 2. The SMILES string of the molecule is CCOc1ccccc1-c1noc([C@@H]2CC[C@H](N)C2)n1. The van der Waals surface area contributed by atoms with Gasteiger partial charge in [-0.05, 0) is 38.3 Å². The molecule has 20 heavy (non-hydrogen) atoms. The van der Waals surface area contributed by atoms with Crippen molar-refractivity contribution in [3.8, 4) is 17.1 Å². The molecule has 2 atom stereocenters. The van der Waals surface area contributed by atoms with Gasteiger partial charge in [-0.1, -0.05) is 17.3 Å². The molecule has 1 aliphatic rings. The normalized spacial score (nSPS) is 22.1. The summed E-state index contributed by atoms with van der Waals surface area (Å²) in [7, 11) is 0. The fourth-order valence-corrected chi connectivity index (χ4v) is 2.68. The zero-order valence-corrected chi connectivity index (χ0v) is 11.6. The van der Waals surface area contributed by atoms with Crippen molar-refractivity contribution in [1.29, 1.82) is 0 Å². The van der Waals surface area contributed by atoms with Gasteiger partial charge in [0.25, 0.3) is 0 Å². The summed E-state index contributed by atoms with van der Waals surface area (Å²) in [6, 6.07) is 8.00. The molecule has 0 aliphatic heterocycles. The van der Waals surface area contributed by atoms with E-state index in [0.717, 1.165) is 30.6 Å². The van der Waals surface area contributed by atoms with E-state index in [9.17, 15) is 0 Å². The maximum absolute atomic E-state index is 5.93. The van der Waals surface area contributed by atoms with Gasteiger partial charge in [0, 0.05) is 12.0 Å². The molecule has 0 saturated heterocycles. The average Bonchev–Trinajstić information content (AvgIpc) is 3.08. The first-order valence-electron chi connectivity index (χ1n) is 7.09. The third-order valence-electron chi connectivity index (χ3n) is 3.69. The Hall–Kier alpha value is -1.88. The highest BCUT2D eigenvalue weighted by atomic mass is 16.5. The molecule has 0 amide bonds. The van der Waals surface area contributed by atoms with E-state index >= 15 is 0 Å². The molecule has 1 heterocycles. The van der Waals surface area contributed by atoms with Crippen LogP contribution in [0, 0.1) is 0 Å². The van der Waals surface area contributed by atoms with Crippen LogP contribution in [0.25, 0.3) is 11.4 Å². The second-order valence-corrected chi connectivity index (χ2v) is 5.16. The van der Waals surface area contributed by atoms with Crippen molar-refractivity contribution >= 4 is 0 Å². The molecule has 106 valence electrons. The third-order valence-corrected chi connectivity index (χ3v) is 3.69. The van der Waals surface area contributed by atoms with E-state index in [1.807, 2.05) is 31.2 Å². The van der Waals surface area contributed by atoms with Crippen LogP contribution in [-0.2, 0) is 0 Å². The Balaban J connectivity index is 1.86. The van der Waals surface area contributed by atoms with Crippen LogP contribution in [0.3, 0.4) is 0 Å². The lowest BCUT2D eigenvalue weighted by atomic mass is 10.1. The molecule has 1 saturated carbocycles. The summed E-state index contributed by atoms with van der Waals surface area (Å²) in [5, 5.41) is 4.09. The highest BCUT2D eigenvalue weighted by Gasteiger charge is 2.28. The minimum Gasteiger partial charge on any atom is -0.493 e. The van der Waals surface area contributed by atoms with E-state index in [1.165, 1.54) is 0 Å². The van der Waals surface area contributed by atoms with E-state index in [2.05, 4.69) is 10.1 Å². The topological polar surface area (TPSA) is 74.2 Å². The molecule has 0 radical (unpaired) electrons. The minimum absolute atomic E-state index is 0.256. The van der Waals surface area contributed by atoms with Gasteiger partial charge in [0.2, 0.25) is 11.7 Å². The van der Waals surface area contributed by atoms with Crippen LogP contribution in [0.1, 0.15) is 38.0 Å². The lowest BCUT2D eigenvalue weighted by Crippen LogP contribution is -2.14. The Bertz CT molecular complexity index is 582. The number of hydrogen-bond donors (Lipinski definition) is 1. The Morgan fingerprint density at radius 2 is 2.20 bits per heavy atom. The van der Waals surface area contributed by atoms with Crippen molar-refractivity contribution < 1.29 is 9.26 Å². The smallest absolute Gasteiger partial charge is 0.230 e. The Morgan fingerprint density at radius 3 is 2.95 bits per heavy atom. The van der Waals surface area contributed by atoms with Gasteiger partial charge in [0.15, 0.2) is 0 Å². The van der Waals surface area contributed by atoms with Crippen LogP contribution < -0.4 is 10.5 Å². The number of aromatic nitrogens is 2. The van der Waals surface area contributed by atoms with Gasteiger partial charge < -0.3 is 15.0 Å². The van der Waals surface area contributed by atoms with Gasteiger partial charge in [0.1, 0.15) is 5.75 Å². The fraction of sp³-hybridized carbons (Fsp3) is 0.467. The highest BCUT2D eigenvalue weighted by molar-refractivity contribution is 5.63. The van der Waals surface area contributed by atoms with Gasteiger partial charge >= 0.3 is 0 Å². The molecule has 0 spiro atoms. The van der Waals surface area contributed by atoms with E-state index in [-0.39, 0.29) is 6.04 Å². The largest absolute Gasteiger partial charge is 0.493 e. The van der Waals surface area contributed by atoms with Crippen LogP contribution in [0.4, 0.5) is 0 Å². The van der Waals surface area contributed by atoms with Crippen LogP contribution in [0.2, 0.25) is 0 Å². The zero-order chi connectivity index (χ0) is 13.9. The number of nitrogens with two attached hydrogens (primary N) is 1. The van der Waals surface area contributed by atoms with Gasteiger partial charge in [0.05, 0.1) is 12.2 Å². The number of para-hydroxylation sites is 1. The quantitative estimate of drug-likeness (QED) is 0.927. The van der Waals surface area contributed by atoms with Crippen molar-refractivity contribution in [2.75, 3.05) is 6.61 Å². The molecule has 5 heteroatoms. The molecule has 2 N–H and O–H groups in total. The zero-order valence-electron chi connectivity index (χ0n) is 11.6. The van der Waals surface area contributed by atoms with E-state index in [1.54, 1.807) is 0 Å². The lowest BCUT2D eigenvalue weighted by molar-refractivity contribution is 0.340. The molecule has 1 fully saturated rings. The average molecular weight is 273 g/mol. The maximum atomic E-state index is 5.93. The predicted molar refractivity (Wildman–Crippen MR) is 75.5 cm³/mol. The summed E-state index contributed by atoms with van der Waals surface area (Å²) in [5.41, 5.74) is 6.80.